The number of rotatable bonds is 4. The molecule has 0 fully saturated rings. The highest BCUT2D eigenvalue weighted by molar-refractivity contribution is 14.1. The summed E-state index contributed by atoms with van der Waals surface area (Å²) in [4.78, 5) is 12.8. The van der Waals surface area contributed by atoms with E-state index in [0.717, 1.165) is 20.7 Å². The maximum Gasteiger partial charge on any atom is 0.260 e. The molecule has 1 amide bonds. The Bertz CT molecular complexity index is 1310. The summed E-state index contributed by atoms with van der Waals surface area (Å²) in [5.41, 5.74) is 1.48. The number of anilines is 1. The molecule has 0 aliphatic heterocycles. The topological polar surface area (TPSA) is 110 Å². The van der Waals surface area contributed by atoms with Crippen molar-refractivity contribution in [2.45, 2.75) is 4.90 Å². The SMILES string of the molecule is CS(=O)(=O)c1ccccc1-n1cc(C(=O)Nc2n[nH]c3cccc(I)c23)cn1. The van der Waals surface area contributed by atoms with E-state index in [1.807, 2.05) is 18.2 Å². The lowest BCUT2D eigenvalue weighted by Gasteiger charge is -2.07. The second-order valence-electron chi connectivity index (χ2n) is 6.10. The van der Waals surface area contributed by atoms with Crippen LogP contribution in [0.3, 0.4) is 0 Å². The molecule has 142 valence electrons. The number of aromatic nitrogens is 4. The maximum atomic E-state index is 12.7. The van der Waals surface area contributed by atoms with E-state index in [0.29, 0.717) is 11.5 Å². The van der Waals surface area contributed by atoms with Crippen LogP contribution in [-0.4, -0.2) is 40.6 Å². The first-order valence-electron chi connectivity index (χ1n) is 8.12. The molecule has 2 heterocycles. The van der Waals surface area contributed by atoms with Gasteiger partial charge in [0.2, 0.25) is 0 Å². The first kappa shape index (κ1) is 18.6. The zero-order valence-electron chi connectivity index (χ0n) is 14.5. The summed E-state index contributed by atoms with van der Waals surface area (Å²) < 4.78 is 26.3. The summed E-state index contributed by atoms with van der Waals surface area (Å²) in [6, 6.07) is 12.2. The summed E-state index contributed by atoms with van der Waals surface area (Å²) >= 11 is 2.18. The first-order chi connectivity index (χ1) is 13.3. The summed E-state index contributed by atoms with van der Waals surface area (Å²) in [5, 5.41) is 14.8. The van der Waals surface area contributed by atoms with E-state index in [4.69, 9.17) is 0 Å². The Morgan fingerprint density at radius 2 is 1.96 bits per heavy atom. The Morgan fingerprint density at radius 3 is 2.75 bits per heavy atom. The van der Waals surface area contributed by atoms with Crippen molar-refractivity contribution in [3.05, 3.63) is 64.0 Å². The third-order valence-electron chi connectivity index (χ3n) is 4.13. The van der Waals surface area contributed by atoms with Crippen LogP contribution in [0.25, 0.3) is 16.6 Å². The van der Waals surface area contributed by atoms with Crippen molar-refractivity contribution in [1.82, 2.24) is 20.0 Å². The standard InChI is InChI=1S/C18H14IN5O3S/c1-28(26,27)15-8-3-2-7-14(15)24-10-11(9-20-24)18(25)21-17-16-12(19)5-4-6-13(16)22-23-17/h2-10H,1H3,(H2,21,22,23,25). The van der Waals surface area contributed by atoms with Gasteiger partial charge in [-0.15, -0.1) is 0 Å². The number of nitrogens with one attached hydrogen (secondary N) is 2. The number of nitrogens with zero attached hydrogens (tertiary/aromatic N) is 3. The highest BCUT2D eigenvalue weighted by atomic mass is 127. The Morgan fingerprint density at radius 1 is 1.18 bits per heavy atom. The normalized spacial score (nSPS) is 11.6. The number of hydrogen-bond acceptors (Lipinski definition) is 5. The summed E-state index contributed by atoms with van der Waals surface area (Å²) in [5.74, 6) is 0.0328. The van der Waals surface area contributed by atoms with Crippen molar-refractivity contribution >= 4 is 55.1 Å². The fourth-order valence-corrected chi connectivity index (χ4v) is 4.45. The molecule has 0 atom stereocenters. The van der Waals surface area contributed by atoms with Crippen molar-refractivity contribution in [3.8, 4) is 5.69 Å². The summed E-state index contributed by atoms with van der Waals surface area (Å²) in [6.07, 6.45) is 4.00. The molecular formula is C18H14IN5O3S. The van der Waals surface area contributed by atoms with E-state index in [9.17, 15) is 13.2 Å². The third kappa shape index (κ3) is 3.40. The van der Waals surface area contributed by atoms with Gasteiger partial charge in [0.05, 0.1) is 33.2 Å². The van der Waals surface area contributed by atoms with Crippen LogP contribution < -0.4 is 5.32 Å². The zero-order chi connectivity index (χ0) is 19.9. The van der Waals surface area contributed by atoms with Crippen LogP contribution in [-0.2, 0) is 9.84 Å². The minimum atomic E-state index is -3.44. The third-order valence-corrected chi connectivity index (χ3v) is 6.17. The zero-order valence-corrected chi connectivity index (χ0v) is 17.5. The first-order valence-corrected chi connectivity index (χ1v) is 11.1. The van der Waals surface area contributed by atoms with E-state index < -0.39 is 15.7 Å². The van der Waals surface area contributed by atoms with Gasteiger partial charge in [-0.05, 0) is 46.9 Å². The Hall–Kier alpha value is -2.73. The van der Waals surface area contributed by atoms with Gasteiger partial charge in [0.25, 0.3) is 5.91 Å². The number of aromatic amines is 1. The van der Waals surface area contributed by atoms with Gasteiger partial charge in [-0.1, -0.05) is 18.2 Å². The number of amides is 1. The molecule has 4 aromatic rings. The second-order valence-corrected chi connectivity index (χ2v) is 9.25. The van der Waals surface area contributed by atoms with Crippen LogP contribution in [0.15, 0.2) is 59.8 Å². The average Bonchev–Trinajstić information content (AvgIpc) is 3.29. The quantitative estimate of drug-likeness (QED) is 0.413. The Labute approximate surface area is 174 Å². The van der Waals surface area contributed by atoms with Gasteiger partial charge in [-0.3, -0.25) is 9.89 Å². The van der Waals surface area contributed by atoms with Crippen LogP contribution in [0.1, 0.15) is 10.4 Å². The Kier molecular flexibility index (Phi) is 4.67. The molecule has 0 saturated carbocycles. The van der Waals surface area contributed by atoms with Gasteiger partial charge in [0.15, 0.2) is 15.7 Å². The number of carbonyl (C=O) groups is 1. The largest absolute Gasteiger partial charge is 0.304 e. The van der Waals surface area contributed by atoms with Gasteiger partial charge in [0, 0.05) is 16.0 Å². The lowest BCUT2D eigenvalue weighted by molar-refractivity contribution is 0.102. The average molecular weight is 507 g/mol. The molecule has 2 aromatic carbocycles. The van der Waals surface area contributed by atoms with Gasteiger partial charge < -0.3 is 5.32 Å². The van der Waals surface area contributed by atoms with Crippen LogP contribution in [0.4, 0.5) is 5.82 Å². The highest BCUT2D eigenvalue weighted by Gasteiger charge is 2.18. The van der Waals surface area contributed by atoms with Crippen LogP contribution >= 0.6 is 22.6 Å². The van der Waals surface area contributed by atoms with Crippen molar-refractivity contribution in [1.29, 1.82) is 0 Å². The van der Waals surface area contributed by atoms with Crippen molar-refractivity contribution in [2.24, 2.45) is 0 Å². The molecule has 0 radical (unpaired) electrons. The smallest absolute Gasteiger partial charge is 0.260 e. The molecule has 0 aliphatic carbocycles. The number of hydrogen-bond donors (Lipinski definition) is 2. The lowest BCUT2D eigenvalue weighted by Crippen LogP contribution is -2.12. The summed E-state index contributed by atoms with van der Waals surface area (Å²) in [7, 11) is -3.44. The van der Waals surface area contributed by atoms with Gasteiger partial charge in [-0.2, -0.15) is 10.2 Å². The van der Waals surface area contributed by atoms with Crippen LogP contribution in [0, 0.1) is 3.57 Å². The predicted octanol–water partition coefficient (Wildman–Crippen LogP) is 3.01. The molecular weight excluding hydrogens is 493 g/mol. The van der Waals surface area contributed by atoms with E-state index >= 15 is 0 Å². The fourth-order valence-electron chi connectivity index (χ4n) is 2.83. The van der Waals surface area contributed by atoms with Crippen LogP contribution in [0.2, 0.25) is 0 Å². The molecule has 10 heteroatoms. The molecule has 0 spiro atoms. The lowest BCUT2D eigenvalue weighted by atomic mass is 10.2. The fraction of sp³-hybridized carbons (Fsp3) is 0.0556. The highest BCUT2D eigenvalue weighted by Crippen LogP contribution is 2.26. The minimum absolute atomic E-state index is 0.137. The van der Waals surface area contributed by atoms with E-state index in [1.54, 1.807) is 18.2 Å². The number of carbonyl (C=O) groups excluding carboxylic acids is 1. The van der Waals surface area contributed by atoms with E-state index in [-0.39, 0.29) is 10.5 Å². The van der Waals surface area contributed by atoms with Gasteiger partial charge >= 0.3 is 0 Å². The maximum absolute atomic E-state index is 12.7. The molecule has 28 heavy (non-hydrogen) atoms. The van der Waals surface area contributed by atoms with Crippen LogP contribution in [0.5, 0.6) is 0 Å². The minimum Gasteiger partial charge on any atom is -0.304 e. The molecule has 0 saturated heterocycles. The Balaban J connectivity index is 1.66. The van der Waals surface area contributed by atoms with Crippen molar-refractivity contribution < 1.29 is 13.2 Å². The molecule has 8 nitrogen and oxygen atoms in total. The van der Waals surface area contributed by atoms with Gasteiger partial charge in [-0.25, -0.2) is 13.1 Å². The molecule has 0 unspecified atom stereocenters. The van der Waals surface area contributed by atoms with E-state index in [2.05, 4.69) is 43.2 Å². The molecule has 4 rings (SSSR count). The number of halogens is 1. The number of sulfone groups is 1. The molecule has 2 aromatic heterocycles. The van der Waals surface area contributed by atoms with Gasteiger partial charge in [0.1, 0.15) is 0 Å². The number of benzene rings is 2. The molecule has 0 aliphatic rings. The van der Waals surface area contributed by atoms with Crippen molar-refractivity contribution in [3.63, 3.8) is 0 Å². The van der Waals surface area contributed by atoms with Crippen molar-refractivity contribution in [2.75, 3.05) is 11.6 Å². The summed E-state index contributed by atoms with van der Waals surface area (Å²) in [6.45, 7) is 0. The number of H-pyrrole nitrogens is 1. The van der Waals surface area contributed by atoms with E-state index in [1.165, 1.54) is 23.1 Å². The molecule has 2 N–H and O–H groups in total. The second kappa shape index (κ2) is 7.02. The predicted molar refractivity (Wildman–Crippen MR) is 113 cm³/mol. The monoisotopic (exact) mass is 507 g/mol. The molecule has 0 bridgehead atoms. The number of para-hydroxylation sites is 1. The number of fused-ring (bicyclic) bond motifs is 1.